The van der Waals surface area contributed by atoms with Gasteiger partial charge in [-0.15, -0.1) is 0 Å². The largest absolute Gasteiger partial charge is 0.307 e. The number of hydrogen-bond donors (Lipinski definition) is 1. The monoisotopic (exact) mass is 284 g/mol. The van der Waals surface area contributed by atoms with E-state index in [0.717, 1.165) is 30.5 Å². The Labute approximate surface area is 128 Å². The van der Waals surface area contributed by atoms with Gasteiger partial charge in [-0.05, 0) is 49.5 Å². The Bertz CT molecular complexity index is 452. The van der Waals surface area contributed by atoms with Crippen molar-refractivity contribution < 1.29 is 0 Å². The molecule has 3 fully saturated rings. The Hall–Kier alpha value is -0.860. The molecule has 2 heteroatoms. The average Bonchev–Trinajstić information content (AvgIpc) is 3.43. The van der Waals surface area contributed by atoms with Crippen molar-refractivity contribution in [3.05, 3.63) is 35.9 Å². The third kappa shape index (κ3) is 2.89. The van der Waals surface area contributed by atoms with Crippen LogP contribution in [0.1, 0.15) is 50.6 Å². The molecule has 1 saturated heterocycles. The Morgan fingerprint density at radius 3 is 2.33 bits per heavy atom. The molecule has 0 radical (unpaired) electrons. The van der Waals surface area contributed by atoms with Crippen molar-refractivity contribution in [3.8, 4) is 0 Å². The van der Waals surface area contributed by atoms with E-state index in [1.807, 2.05) is 0 Å². The number of hydrogen-bond acceptors (Lipinski definition) is 2. The molecule has 2 aliphatic carbocycles. The molecule has 0 spiro atoms. The predicted octanol–water partition coefficient (Wildman–Crippen LogP) is 3.60. The molecule has 1 aromatic carbocycles. The van der Waals surface area contributed by atoms with Gasteiger partial charge in [0.15, 0.2) is 0 Å². The Balaban J connectivity index is 1.54. The predicted molar refractivity (Wildman–Crippen MR) is 87.2 cm³/mol. The molecule has 1 heterocycles. The minimum Gasteiger partial charge on any atom is -0.307 e. The zero-order valence-corrected chi connectivity index (χ0v) is 13.2. The summed E-state index contributed by atoms with van der Waals surface area (Å²) in [6, 6.07) is 13.2. The van der Waals surface area contributed by atoms with Gasteiger partial charge in [-0.3, -0.25) is 4.90 Å². The zero-order valence-electron chi connectivity index (χ0n) is 13.2. The van der Waals surface area contributed by atoms with Crippen molar-refractivity contribution in [3.63, 3.8) is 0 Å². The van der Waals surface area contributed by atoms with Gasteiger partial charge in [0.25, 0.3) is 0 Å². The van der Waals surface area contributed by atoms with E-state index in [0.29, 0.717) is 6.04 Å². The molecule has 0 bridgehead atoms. The smallest absolute Gasteiger partial charge is 0.0450 e. The molecule has 1 aliphatic heterocycles. The molecule has 1 N–H and O–H groups in total. The fourth-order valence-corrected chi connectivity index (χ4v) is 4.27. The molecule has 4 rings (SSSR count). The highest BCUT2D eigenvalue weighted by atomic mass is 15.3. The maximum atomic E-state index is 3.80. The van der Waals surface area contributed by atoms with Crippen LogP contribution in [-0.4, -0.2) is 30.1 Å². The van der Waals surface area contributed by atoms with Crippen LogP contribution < -0.4 is 5.32 Å². The molecule has 0 aromatic heterocycles. The molecular formula is C19H28N2. The molecule has 2 atom stereocenters. The fraction of sp³-hybridized carbons (Fsp3) is 0.684. The Morgan fingerprint density at radius 1 is 1.10 bits per heavy atom. The zero-order chi connectivity index (χ0) is 14.2. The number of nitrogens with zero attached hydrogens (tertiary/aromatic N) is 1. The topological polar surface area (TPSA) is 15.3 Å². The molecule has 0 amide bonds. The summed E-state index contributed by atoms with van der Waals surface area (Å²) < 4.78 is 0. The molecule has 1 aromatic rings. The van der Waals surface area contributed by atoms with Crippen LogP contribution in [0.5, 0.6) is 0 Å². The number of rotatable bonds is 5. The molecule has 21 heavy (non-hydrogen) atoms. The highest BCUT2D eigenvalue weighted by Crippen LogP contribution is 2.48. The van der Waals surface area contributed by atoms with Gasteiger partial charge in [0.1, 0.15) is 0 Å². The summed E-state index contributed by atoms with van der Waals surface area (Å²) in [6.45, 7) is 4.73. The molecule has 2 unspecified atom stereocenters. The second-order valence-corrected chi connectivity index (χ2v) is 7.30. The van der Waals surface area contributed by atoms with Crippen molar-refractivity contribution in [2.75, 3.05) is 13.1 Å². The van der Waals surface area contributed by atoms with Crippen LogP contribution >= 0.6 is 0 Å². The highest BCUT2D eigenvalue weighted by molar-refractivity contribution is 5.20. The Kier molecular flexibility index (Phi) is 3.76. The van der Waals surface area contributed by atoms with Crippen molar-refractivity contribution >= 4 is 0 Å². The lowest BCUT2D eigenvalue weighted by Gasteiger charge is -2.45. The number of benzene rings is 1. The fourth-order valence-electron chi connectivity index (χ4n) is 4.27. The number of nitrogens with one attached hydrogen (secondary N) is 1. The highest BCUT2D eigenvalue weighted by Gasteiger charge is 2.47. The van der Waals surface area contributed by atoms with E-state index in [4.69, 9.17) is 0 Å². The van der Waals surface area contributed by atoms with Crippen molar-refractivity contribution in [1.82, 2.24) is 10.2 Å². The van der Waals surface area contributed by atoms with Gasteiger partial charge in [0.2, 0.25) is 0 Å². The molecule has 3 aliphatic rings. The average molecular weight is 284 g/mol. The Morgan fingerprint density at radius 2 is 1.76 bits per heavy atom. The maximum absolute atomic E-state index is 3.80. The van der Waals surface area contributed by atoms with E-state index >= 15 is 0 Å². The van der Waals surface area contributed by atoms with E-state index in [2.05, 4.69) is 47.5 Å². The normalized spacial score (nSPS) is 30.8. The van der Waals surface area contributed by atoms with Crippen LogP contribution in [0.2, 0.25) is 0 Å². The van der Waals surface area contributed by atoms with Gasteiger partial charge < -0.3 is 5.32 Å². The summed E-state index contributed by atoms with van der Waals surface area (Å²) in [5, 5.41) is 3.80. The van der Waals surface area contributed by atoms with Gasteiger partial charge in [-0.25, -0.2) is 0 Å². The quantitative estimate of drug-likeness (QED) is 0.889. The molecule has 114 valence electrons. The van der Waals surface area contributed by atoms with E-state index < -0.39 is 0 Å². The van der Waals surface area contributed by atoms with E-state index in [-0.39, 0.29) is 0 Å². The minimum absolute atomic E-state index is 0.522. The van der Waals surface area contributed by atoms with Crippen molar-refractivity contribution in [2.24, 2.45) is 11.8 Å². The SMILES string of the molecule is CCC1CNC(c2ccccc2)CN1C(C1CC1)C1CC1. The number of piperazine rings is 1. The van der Waals surface area contributed by atoms with Crippen LogP contribution in [0.25, 0.3) is 0 Å². The molecule has 2 nitrogen and oxygen atoms in total. The lowest BCUT2D eigenvalue weighted by atomic mass is 9.95. The van der Waals surface area contributed by atoms with Gasteiger partial charge in [-0.1, -0.05) is 37.3 Å². The van der Waals surface area contributed by atoms with Gasteiger partial charge in [0.05, 0.1) is 0 Å². The van der Waals surface area contributed by atoms with Gasteiger partial charge in [0, 0.05) is 31.2 Å². The molecule has 2 saturated carbocycles. The van der Waals surface area contributed by atoms with Crippen molar-refractivity contribution in [2.45, 2.75) is 57.2 Å². The first kappa shape index (κ1) is 13.8. The third-order valence-corrected chi connectivity index (χ3v) is 5.73. The van der Waals surface area contributed by atoms with Gasteiger partial charge >= 0.3 is 0 Å². The standard InChI is InChI=1S/C19H28N2/c1-2-17-12-20-18(14-6-4-3-5-7-14)13-21(17)19(15-8-9-15)16-10-11-16/h3-7,15-20H,2,8-13H2,1H3. The van der Waals surface area contributed by atoms with Crippen molar-refractivity contribution in [1.29, 1.82) is 0 Å². The van der Waals surface area contributed by atoms with Crippen LogP contribution in [0.3, 0.4) is 0 Å². The lowest BCUT2D eigenvalue weighted by Crippen LogP contribution is -2.57. The van der Waals surface area contributed by atoms with E-state index in [1.165, 1.54) is 44.2 Å². The van der Waals surface area contributed by atoms with Crippen LogP contribution in [-0.2, 0) is 0 Å². The minimum atomic E-state index is 0.522. The third-order valence-electron chi connectivity index (χ3n) is 5.73. The van der Waals surface area contributed by atoms with E-state index in [1.54, 1.807) is 0 Å². The van der Waals surface area contributed by atoms with E-state index in [9.17, 15) is 0 Å². The summed E-state index contributed by atoms with van der Waals surface area (Å²) in [4.78, 5) is 2.91. The first-order valence-electron chi connectivity index (χ1n) is 8.91. The second kappa shape index (κ2) is 5.73. The lowest BCUT2D eigenvalue weighted by molar-refractivity contribution is 0.0563. The summed E-state index contributed by atoms with van der Waals surface area (Å²) in [6.07, 6.45) is 7.22. The summed E-state index contributed by atoms with van der Waals surface area (Å²) >= 11 is 0. The van der Waals surface area contributed by atoms with Crippen LogP contribution in [0, 0.1) is 11.8 Å². The molecular weight excluding hydrogens is 256 g/mol. The summed E-state index contributed by atoms with van der Waals surface area (Å²) in [7, 11) is 0. The summed E-state index contributed by atoms with van der Waals surface area (Å²) in [5.41, 5.74) is 1.46. The van der Waals surface area contributed by atoms with Gasteiger partial charge in [-0.2, -0.15) is 0 Å². The first-order chi connectivity index (χ1) is 10.4. The second-order valence-electron chi connectivity index (χ2n) is 7.30. The van der Waals surface area contributed by atoms with Crippen LogP contribution in [0.4, 0.5) is 0 Å². The maximum Gasteiger partial charge on any atom is 0.0450 e. The summed E-state index contributed by atoms with van der Waals surface area (Å²) in [5.74, 6) is 2.03. The van der Waals surface area contributed by atoms with Crippen LogP contribution in [0.15, 0.2) is 30.3 Å². The first-order valence-corrected chi connectivity index (χ1v) is 8.91.